The fourth-order valence-electron chi connectivity index (χ4n) is 5.32. The number of thiazole rings is 1. The fraction of sp³-hybridized carbons (Fsp3) is 0.400. The number of rotatable bonds is 10. The lowest BCUT2D eigenvalue weighted by Gasteiger charge is -2.28. The van der Waals surface area contributed by atoms with Gasteiger partial charge in [0.1, 0.15) is 11.9 Å². The number of carboxylic acids is 1. The molecule has 1 aromatic carbocycles. The van der Waals surface area contributed by atoms with Crippen LogP contribution in [-0.2, 0) is 27.3 Å². The van der Waals surface area contributed by atoms with Crippen molar-refractivity contribution < 1.29 is 28.2 Å². The third kappa shape index (κ3) is 5.55. The number of aliphatic carboxylic acids is 1. The lowest BCUT2D eigenvalue weighted by molar-refractivity contribution is -0.147. The highest BCUT2D eigenvalue weighted by molar-refractivity contribution is 7.11. The van der Waals surface area contributed by atoms with E-state index >= 15 is 4.39 Å². The van der Waals surface area contributed by atoms with Gasteiger partial charge in [0.2, 0.25) is 0 Å². The molecule has 42 heavy (non-hydrogen) atoms. The van der Waals surface area contributed by atoms with Crippen LogP contribution in [0, 0.1) is 24.0 Å². The van der Waals surface area contributed by atoms with Gasteiger partial charge in [-0.1, -0.05) is 12.1 Å². The molecule has 0 bridgehead atoms. The van der Waals surface area contributed by atoms with Crippen LogP contribution in [0.15, 0.2) is 52.2 Å². The lowest BCUT2D eigenvalue weighted by Crippen LogP contribution is -2.36. The van der Waals surface area contributed by atoms with Crippen LogP contribution in [0.2, 0.25) is 0 Å². The normalized spacial score (nSPS) is 16.8. The van der Waals surface area contributed by atoms with E-state index in [1.807, 2.05) is 4.90 Å². The standard InChI is InChI=1S/C30H33F2N5O4S/c1-5-41-28(38)23-21(16-37-15-20(32)25-22(37)9-12-36(25)13-10-30(3,4)29(39)40)34-26(27-33-11-14-42-27)35-24(23)18-7-6-8-19(31)17(18)2/h6-8,11,14-15,24H,5,9-10,12-13,16H2,1-4H3,(H,34,35)(H,39,40)/t24-/m0/s1. The maximum Gasteiger partial charge on any atom is 0.338 e. The number of carboxylic acid groups (broad SMARTS) is 1. The van der Waals surface area contributed by atoms with Crippen LogP contribution < -0.4 is 10.2 Å². The predicted molar refractivity (Wildman–Crippen MR) is 156 cm³/mol. The number of halogens is 2. The quantitative estimate of drug-likeness (QED) is 0.317. The Balaban J connectivity index is 1.56. The third-order valence-electron chi connectivity index (χ3n) is 7.82. The molecule has 9 nitrogen and oxygen atoms in total. The number of aromatic nitrogens is 2. The lowest BCUT2D eigenvalue weighted by atomic mass is 9.89. The third-order valence-corrected chi connectivity index (χ3v) is 8.60. The number of aliphatic imine (C=N–C) groups is 1. The van der Waals surface area contributed by atoms with Crippen molar-refractivity contribution in [3.63, 3.8) is 0 Å². The van der Waals surface area contributed by atoms with Crippen molar-refractivity contribution >= 4 is 34.8 Å². The van der Waals surface area contributed by atoms with Crippen LogP contribution in [0.1, 0.15) is 55.1 Å². The minimum atomic E-state index is -0.942. The van der Waals surface area contributed by atoms with Crippen molar-refractivity contribution in [1.82, 2.24) is 14.9 Å². The molecule has 0 amide bonds. The van der Waals surface area contributed by atoms with Gasteiger partial charge >= 0.3 is 11.9 Å². The summed E-state index contributed by atoms with van der Waals surface area (Å²) in [5.74, 6) is -1.92. The maximum absolute atomic E-state index is 15.4. The Hall–Kier alpha value is -4.06. The number of fused-ring (bicyclic) bond motifs is 1. The molecular formula is C30H33F2N5O4S. The van der Waals surface area contributed by atoms with Crippen LogP contribution in [0.3, 0.4) is 0 Å². The number of allylic oxidation sites excluding steroid dienone is 1. The molecule has 2 aliphatic rings. The molecule has 12 heteroatoms. The number of hydrogen-bond donors (Lipinski definition) is 2. The first kappa shape index (κ1) is 29.4. The molecule has 0 fully saturated rings. The number of benzene rings is 1. The second-order valence-corrected chi connectivity index (χ2v) is 11.9. The molecule has 0 saturated heterocycles. The summed E-state index contributed by atoms with van der Waals surface area (Å²) in [6.45, 7) is 7.83. The first-order chi connectivity index (χ1) is 20.0. The van der Waals surface area contributed by atoms with Crippen LogP contribution in [0.5, 0.6) is 0 Å². The van der Waals surface area contributed by atoms with Crippen molar-refractivity contribution in [2.75, 3.05) is 24.6 Å². The molecule has 2 aliphatic heterocycles. The summed E-state index contributed by atoms with van der Waals surface area (Å²) in [4.78, 5) is 36.1. The molecule has 0 unspecified atom stereocenters. The highest BCUT2D eigenvalue weighted by atomic mass is 32.1. The van der Waals surface area contributed by atoms with E-state index in [-0.39, 0.29) is 18.7 Å². The van der Waals surface area contributed by atoms with E-state index in [9.17, 15) is 19.1 Å². The number of carbonyl (C=O) groups is 2. The van der Waals surface area contributed by atoms with Gasteiger partial charge in [0, 0.05) is 48.7 Å². The minimum Gasteiger partial charge on any atom is -0.481 e. The Morgan fingerprint density at radius 2 is 2.05 bits per heavy atom. The van der Waals surface area contributed by atoms with Crippen molar-refractivity contribution in [2.45, 2.75) is 53.1 Å². The van der Waals surface area contributed by atoms with Crippen molar-refractivity contribution in [1.29, 1.82) is 0 Å². The average molecular weight is 598 g/mol. The van der Waals surface area contributed by atoms with E-state index in [2.05, 4.69) is 10.3 Å². The molecule has 0 aliphatic carbocycles. The molecule has 4 heterocycles. The van der Waals surface area contributed by atoms with Gasteiger partial charge in [0.15, 0.2) is 16.7 Å². The largest absolute Gasteiger partial charge is 0.481 e. The number of nitrogens with zero attached hydrogens (tertiary/aromatic N) is 4. The number of carbonyl (C=O) groups excluding carboxylic acids is 1. The van der Waals surface area contributed by atoms with Crippen LogP contribution in [0.25, 0.3) is 0 Å². The van der Waals surface area contributed by atoms with Gasteiger partial charge in [-0.3, -0.25) is 9.79 Å². The summed E-state index contributed by atoms with van der Waals surface area (Å²) < 4.78 is 37.3. The Kier molecular flexibility index (Phi) is 8.18. The molecule has 2 N–H and O–H groups in total. The van der Waals surface area contributed by atoms with Crippen molar-refractivity contribution in [2.24, 2.45) is 10.4 Å². The SMILES string of the molecule is CCOC(=O)C1=C(Cn2cc(F)c3c2CCN3CCC(C)(C)C(=O)O)NC(c2nccs2)=N[C@H]1c1cccc(F)c1C. The van der Waals surface area contributed by atoms with Gasteiger partial charge in [-0.25, -0.2) is 18.6 Å². The van der Waals surface area contributed by atoms with Gasteiger partial charge in [-0.05, 0) is 51.3 Å². The highest BCUT2D eigenvalue weighted by Gasteiger charge is 2.36. The smallest absolute Gasteiger partial charge is 0.338 e. The zero-order chi connectivity index (χ0) is 30.2. The number of amidine groups is 1. The first-order valence-corrected chi connectivity index (χ1v) is 14.7. The number of ether oxygens (including phenoxy) is 1. The summed E-state index contributed by atoms with van der Waals surface area (Å²) >= 11 is 1.36. The molecule has 0 spiro atoms. The number of hydrogen-bond acceptors (Lipinski definition) is 8. The number of nitrogens with one attached hydrogen (secondary N) is 1. The zero-order valence-electron chi connectivity index (χ0n) is 23.9. The minimum absolute atomic E-state index is 0.101. The molecular weight excluding hydrogens is 564 g/mol. The Morgan fingerprint density at radius 1 is 1.26 bits per heavy atom. The summed E-state index contributed by atoms with van der Waals surface area (Å²) in [5, 5.41) is 15.2. The molecule has 1 atom stereocenters. The molecule has 222 valence electrons. The van der Waals surface area contributed by atoms with Gasteiger partial charge < -0.3 is 24.6 Å². The summed E-state index contributed by atoms with van der Waals surface area (Å²) in [7, 11) is 0. The first-order valence-electron chi connectivity index (χ1n) is 13.8. The van der Waals surface area contributed by atoms with E-state index in [4.69, 9.17) is 9.73 Å². The fourth-order valence-corrected chi connectivity index (χ4v) is 5.91. The molecule has 2 aromatic heterocycles. The summed E-state index contributed by atoms with van der Waals surface area (Å²) in [6.07, 6.45) is 3.95. The zero-order valence-corrected chi connectivity index (χ0v) is 24.7. The van der Waals surface area contributed by atoms with Gasteiger partial charge in [-0.15, -0.1) is 11.3 Å². The summed E-state index contributed by atoms with van der Waals surface area (Å²) in [5.41, 5.74) is 1.79. The number of esters is 1. The molecule has 0 saturated carbocycles. The number of anilines is 1. The monoisotopic (exact) mass is 597 g/mol. The maximum atomic E-state index is 15.4. The second kappa shape index (κ2) is 11.7. The van der Waals surface area contributed by atoms with Gasteiger partial charge in [0.25, 0.3) is 0 Å². The molecule has 0 radical (unpaired) electrons. The van der Waals surface area contributed by atoms with Crippen LogP contribution in [-0.4, -0.2) is 52.1 Å². The van der Waals surface area contributed by atoms with E-state index < -0.39 is 35.0 Å². The Bertz CT molecular complexity index is 1580. The topological polar surface area (TPSA) is 109 Å². The molecule has 5 rings (SSSR count). The van der Waals surface area contributed by atoms with E-state index in [1.54, 1.807) is 56.0 Å². The van der Waals surface area contributed by atoms with E-state index in [1.165, 1.54) is 23.6 Å². The highest BCUT2D eigenvalue weighted by Crippen LogP contribution is 2.38. The second-order valence-electron chi connectivity index (χ2n) is 11.0. The van der Waals surface area contributed by atoms with Gasteiger partial charge in [-0.2, -0.15) is 0 Å². The van der Waals surface area contributed by atoms with E-state index in [0.717, 1.165) is 5.69 Å². The van der Waals surface area contributed by atoms with E-state index in [0.29, 0.717) is 59.3 Å². The predicted octanol–water partition coefficient (Wildman–Crippen LogP) is 5.00. The summed E-state index contributed by atoms with van der Waals surface area (Å²) in [6, 6.07) is 3.79. The van der Waals surface area contributed by atoms with Crippen LogP contribution >= 0.6 is 11.3 Å². The average Bonchev–Trinajstić information content (AvgIpc) is 3.69. The van der Waals surface area contributed by atoms with Crippen LogP contribution in [0.4, 0.5) is 14.5 Å². The van der Waals surface area contributed by atoms with Crippen molar-refractivity contribution in [3.8, 4) is 0 Å². The van der Waals surface area contributed by atoms with Crippen molar-refractivity contribution in [3.05, 3.63) is 80.7 Å². The molecule has 3 aromatic rings. The Morgan fingerprint density at radius 3 is 2.74 bits per heavy atom. The van der Waals surface area contributed by atoms with Gasteiger partial charge in [0.05, 0.1) is 29.8 Å². The Labute approximate surface area is 246 Å².